The van der Waals surface area contributed by atoms with E-state index in [9.17, 15) is 0 Å². The van der Waals surface area contributed by atoms with E-state index < -0.39 is 0 Å². The number of nitrogens with one attached hydrogen (secondary N) is 2. The molecule has 2 nitrogen and oxygen atoms in total. The van der Waals surface area contributed by atoms with Gasteiger partial charge in [0.05, 0.1) is 0 Å². The first-order valence-corrected chi connectivity index (χ1v) is 5.83. The molecule has 3 unspecified atom stereocenters. The molecule has 2 rings (SSSR count). The predicted molar refractivity (Wildman–Crippen MR) is 55.8 cm³/mol. The van der Waals surface area contributed by atoms with Crippen molar-refractivity contribution in [2.45, 2.75) is 51.1 Å². The third-order valence-electron chi connectivity index (χ3n) is 3.65. The molecule has 0 radical (unpaired) electrons. The van der Waals surface area contributed by atoms with E-state index in [1.165, 1.54) is 45.2 Å². The highest BCUT2D eigenvalue weighted by atomic mass is 15.0. The smallest absolute Gasteiger partial charge is 0.0193 e. The lowest BCUT2D eigenvalue weighted by Gasteiger charge is -2.20. The predicted octanol–water partition coefficient (Wildman–Crippen LogP) is 1.52. The van der Waals surface area contributed by atoms with Gasteiger partial charge in [0.2, 0.25) is 0 Å². The van der Waals surface area contributed by atoms with Crippen LogP contribution in [0.3, 0.4) is 0 Å². The van der Waals surface area contributed by atoms with Gasteiger partial charge in [-0.1, -0.05) is 13.3 Å². The van der Waals surface area contributed by atoms with Crippen LogP contribution < -0.4 is 10.6 Å². The van der Waals surface area contributed by atoms with E-state index in [-0.39, 0.29) is 0 Å². The zero-order valence-electron chi connectivity index (χ0n) is 8.68. The normalized spacial score (nSPS) is 39.9. The zero-order valence-corrected chi connectivity index (χ0v) is 8.68. The first kappa shape index (κ1) is 9.47. The monoisotopic (exact) mass is 182 g/mol. The average molecular weight is 182 g/mol. The van der Waals surface area contributed by atoms with E-state index in [1.54, 1.807) is 0 Å². The second kappa shape index (κ2) is 4.43. The molecule has 2 aliphatic rings. The number of rotatable bonds is 3. The molecule has 0 spiro atoms. The zero-order chi connectivity index (χ0) is 9.10. The van der Waals surface area contributed by atoms with Crippen LogP contribution in [0, 0.1) is 5.92 Å². The van der Waals surface area contributed by atoms with Crippen molar-refractivity contribution in [3.8, 4) is 0 Å². The van der Waals surface area contributed by atoms with Crippen molar-refractivity contribution >= 4 is 0 Å². The van der Waals surface area contributed by atoms with Gasteiger partial charge in [0, 0.05) is 18.6 Å². The Morgan fingerprint density at radius 2 is 2.15 bits per heavy atom. The summed E-state index contributed by atoms with van der Waals surface area (Å²) in [6.07, 6.45) is 6.99. The first-order valence-electron chi connectivity index (χ1n) is 5.83. The summed E-state index contributed by atoms with van der Waals surface area (Å²) in [5, 5.41) is 7.24. The van der Waals surface area contributed by atoms with Gasteiger partial charge < -0.3 is 10.6 Å². The molecule has 0 aromatic carbocycles. The van der Waals surface area contributed by atoms with Gasteiger partial charge in [-0.2, -0.15) is 0 Å². The van der Waals surface area contributed by atoms with Crippen LogP contribution in [0.5, 0.6) is 0 Å². The van der Waals surface area contributed by atoms with E-state index in [0.717, 1.165) is 18.0 Å². The van der Waals surface area contributed by atoms with Crippen LogP contribution in [0.4, 0.5) is 0 Å². The molecule has 2 N–H and O–H groups in total. The van der Waals surface area contributed by atoms with Gasteiger partial charge in [-0.3, -0.25) is 0 Å². The molecule has 3 atom stereocenters. The standard InChI is InChI=1S/C11H22N2/c1-9-4-2-6-11(9)13-8-10-5-3-7-12-10/h9-13H,2-8H2,1H3. The Morgan fingerprint density at radius 1 is 1.23 bits per heavy atom. The minimum Gasteiger partial charge on any atom is -0.313 e. The van der Waals surface area contributed by atoms with Crippen LogP contribution in [0.1, 0.15) is 39.0 Å². The molecule has 13 heavy (non-hydrogen) atoms. The molecule has 1 heterocycles. The topological polar surface area (TPSA) is 24.1 Å². The lowest BCUT2D eigenvalue weighted by molar-refractivity contribution is 0.401. The molecular formula is C11H22N2. The maximum absolute atomic E-state index is 3.71. The second-order valence-corrected chi connectivity index (χ2v) is 4.72. The minimum atomic E-state index is 0.757. The molecule has 1 saturated heterocycles. The van der Waals surface area contributed by atoms with Crippen LogP contribution in [0.2, 0.25) is 0 Å². The van der Waals surface area contributed by atoms with Crippen LogP contribution in [-0.2, 0) is 0 Å². The third-order valence-corrected chi connectivity index (χ3v) is 3.65. The van der Waals surface area contributed by atoms with Crippen molar-refractivity contribution < 1.29 is 0 Å². The lowest BCUT2D eigenvalue weighted by atomic mass is 10.1. The van der Waals surface area contributed by atoms with Gasteiger partial charge >= 0.3 is 0 Å². The summed E-state index contributed by atoms with van der Waals surface area (Å²) in [6.45, 7) is 4.80. The molecule has 1 aliphatic heterocycles. The van der Waals surface area contributed by atoms with E-state index in [1.807, 2.05) is 0 Å². The van der Waals surface area contributed by atoms with Gasteiger partial charge in [0.1, 0.15) is 0 Å². The maximum atomic E-state index is 3.71. The van der Waals surface area contributed by atoms with Crippen molar-refractivity contribution in [2.75, 3.05) is 13.1 Å². The third kappa shape index (κ3) is 2.44. The summed E-state index contributed by atoms with van der Waals surface area (Å²) in [5.41, 5.74) is 0. The van der Waals surface area contributed by atoms with Crippen LogP contribution in [0.15, 0.2) is 0 Å². The van der Waals surface area contributed by atoms with Crippen molar-refractivity contribution in [1.29, 1.82) is 0 Å². The Kier molecular flexibility index (Phi) is 3.23. The summed E-state index contributed by atoms with van der Waals surface area (Å²) in [7, 11) is 0. The molecule has 2 fully saturated rings. The largest absolute Gasteiger partial charge is 0.313 e. The summed E-state index contributed by atoms with van der Waals surface area (Å²) in [6, 6.07) is 1.56. The quantitative estimate of drug-likeness (QED) is 0.691. The van der Waals surface area contributed by atoms with Crippen molar-refractivity contribution in [3.05, 3.63) is 0 Å². The molecule has 0 bridgehead atoms. The number of hydrogen-bond donors (Lipinski definition) is 2. The van der Waals surface area contributed by atoms with E-state index in [2.05, 4.69) is 17.6 Å². The molecule has 2 heteroatoms. The van der Waals surface area contributed by atoms with Gasteiger partial charge in [-0.05, 0) is 38.1 Å². The molecule has 1 saturated carbocycles. The van der Waals surface area contributed by atoms with Crippen LogP contribution in [-0.4, -0.2) is 25.2 Å². The Hall–Kier alpha value is -0.0800. The highest BCUT2D eigenvalue weighted by Crippen LogP contribution is 2.24. The molecular weight excluding hydrogens is 160 g/mol. The molecule has 0 amide bonds. The fourth-order valence-electron chi connectivity index (χ4n) is 2.67. The van der Waals surface area contributed by atoms with Crippen LogP contribution >= 0.6 is 0 Å². The highest BCUT2D eigenvalue weighted by Gasteiger charge is 2.24. The summed E-state index contributed by atoms with van der Waals surface area (Å²) < 4.78 is 0. The van der Waals surface area contributed by atoms with E-state index in [4.69, 9.17) is 0 Å². The Balaban J connectivity index is 1.66. The summed E-state index contributed by atoms with van der Waals surface area (Å²) in [5.74, 6) is 0.904. The van der Waals surface area contributed by atoms with E-state index >= 15 is 0 Å². The second-order valence-electron chi connectivity index (χ2n) is 4.72. The fourth-order valence-corrected chi connectivity index (χ4v) is 2.67. The lowest BCUT2D eigenvalue weighted by Crippen LogP contribution is -2.40. The summed E-state index contributed by atoms with van der Waals surface area (Å²) in [4.78, 5) is 0. The average Bonchev–Trinajstić information content (AvgIpc) is 2.72. The minimum absolute atomic E-state index is 0.757. The van der Waals surface area contributed by atoms with Crippen LogP contribution in [0.25, 0.3) is 0 Å². The van der Waals surface area contributed by atoms with Gasteiger partial charge in [0.25, 0.3) is 0 Å². The SMILES string of the molecule is CC1CCCC1NCC1CCCN1. The van der Waals surface area contributed by atoms with E-state index in [0.29, 0.717) is 0 Å². The highest BCUT2D eigenvalue weighted by molar-refractivity contribution is 4.83. The summed E-state index contributed by atoms with van der Waals surface area (Å²) >= 11 is 0. The van der Waals surface area contributed by atoms with Gasteiger partial charge in [-0.25, -0.2) is 0 Å². The van der Waals surface area contributed by atoms with Gasteiger partial charge in [-0.15, -0.1) is 0 Å². The first-order chi connectivity index (χ1) is 6.36. The molecule has 1 aliphatic carbocycles. The maximum Gasteiger partial charge on any atom is 0.0193 e. The Bertz CT molecular complexity index is 152. The van der Waals surface area contributed by atoms with Gasteiger partial charge in [0.15, 0.2) is 0 Å². The Morgan fingerprint density at radius 3 is 2.77 bits per heavy atom. The fraction of sp³-hybridized carbons (Fsp3) is 1.00. The van der Waals surface area contributed by atoms with Crippen molar-refractivity contribution in [2.24, 2.45) is 5.92 Å². The van der Waals surface area contributed by atoms with Crippen molar-refractivity contribution in [1.82, 2.24) is 10.6 Å². The number of hydrogen-bond acceptors (Lipinski definition) is 2. The molecule has 76 valence electrons. The van der Waals surface area contributed by atoms with Crippen molar-refractivity contribution in [3.63, 3.8) is 0 Å². The molecule has 0 aromatic heterocycles. The molecule has 0 aromatic rings. The Labute approximate surface area is 81.5 Å².